The van der Waals surface area contributed by atoms with Crippen LogP contribution in [0, 0.1) is 0 Å². The van der Waals surface area contributed by atoms with Gasteiger partial charge in [-0.3, -0.25) is 4.79 Å². The van der Waals surface area contributed by atoms with E-state index in [1.54, 1.807) is 0 Å². The smallest absolute Gasteiger partial charge is 0.268 e. The van der Waals surface area contributed by atoms with Crippen LogP contribution in [-0.2, 0) is 0 Å². The second-order valence-corrected chi connectivity index (χ2v) is 6.38. The van der Waals surface area contributed by atoms with Gasteiger partial charge in [0.05, 0.1) is 5.69 Å². The highest BCUT2D eigenvalue weighted by Gasteiger charge is 2.17. The molecule has 0 saturated carbocycles. The zero-order valence-electron chi connectivity index (χ0n) is 11.6. The van der Waals surface area contributed by atoms with E-state index in [4.69, 9.17) is 0 Å². The van der Waals surface area contributed by atoms with Gasteiger partial charge in [0.25, 0.3) is 5.91 Å². The summed E-state index contributed by atoms with van der Waals surface area (Å²) in [6.07, 6.45) is 1.81. The van der Waals surface area contributed by atoms with Gasteiger partial charge in [-0.1, -0.05) is 0 Å². The zero-order valence-corrected chi connectivity index (χ0v) is 11.6. The van der Waals surface area contributed by atoms with Gasteiger partial charge in [0.1, 0.15) is 5.69 Å². The van der Waals surface area contributed by atoms with Crippen LogP contribution in [0.3, 0.4) is 0 Å². The molecule has 17 heavy (non-hydrogen) atoms. The summed E-state index contributed by atoms with van der Waals surface area (Å²) in [7, 11) is 0. The van der Waals surface area contributed by atoms with E-state index >= 15 is 0 Å². The minimum absolute atomic E-state index is 0.0139. The van der Waals surface area contributed by atoms with E-state index in [-0.39, 0.29) is 17.0 Å². The van der Waals surface area contributed by atoms with E-state index in [0.717, 1.165) is 5.69 Å². The number of hydrogen-bond acceptors (Lipinski definition) is 2. The van der Waals surface area contributed by atoms with Gasteiger partial charge >= 0.3 is 0 Å². The van der Waals surface area contributed by atoms with Crippen LogP contribution in [-0.4, -0.2) is 22.0 Å². The van der Waals surface area contributed by atoms with Crippen molar-refractivity contribution in [3.63, 3.8) is 0 Å². The maximum absolute atomic E-state index is 11.9. The minimum atomic E-state index is -0.222. The molecule has 0 radical (unpaired) electrons. The molecule has 0 saturated heterocycles. The largest absolute Gasteiger partial charge is 0.379 e. The average molecular weight is 237 g/mol. The maximum atomic E-state index is 11.9. The summed E-state index contributed by atoms with van der Waals surface area (Å²) in [4.78, 5) is 14.8. The molecule has 0 aliphatic rings. The number of hydrogen-bond donors (Lipinski definition) is 3. The van der Waals surface area contributed by atoms with Crippen molar-refractivity contribution in [1.29, 1.82) is 0 Å². The fourth-order valence-corrected chi connectivity index (χ4v) is 1.44. The highest BCUT2D eigenvalue weighted by atomic mass is 16.2. The summed E-state index contributed by atoms with van der Waals surface area (Å²) >= 11 is 0. The number of nitrogens with one attached hydrogen (secondary N) is 3. The highest BCUT2D eigenvalue weighted by Crippen LogP contribution is 2.16. The predicted molar refractivity (Wildman–Crippen MR) is 71.4 cm³/mol. The Balaban J connectivity index is 2.72. The van der Waals surface area contributed by atoms with E-state index in [1.165, 1.54) is 0 Å². The summed E-state index contributed by atoms with van der Waals surface area (Å²) in [6, 6.07) is 1.83. The Labute approximate surface area is 103 Å². The summed E-state index contributed by atoms with van der Waals surface area (Å²) in [5, 5.41) is 6.22. The summed E-state index contributed by atoms with van der Waals surface area (Å²) in [6.45, 7) is 12.1. The van der Waals surface area contributed by atoms with Crippen LogP contribution in [0.2, 0.25) is 0 Å². The Morgan fingerprint density at radius 1 is 1.12 bits per heavy atom. The van der Waals surface area contributed by atoms with E-state index < -0.39 is 0 Å². The number of aromatic amines is 1. The number of anilines is 1. The molecular formula is C13H23N3O. The Kier molecular flexibility index (Phi) is 3.55. The van der Waals surface area contributed by atoms with Crippen molar-refractivity contribution in [2.75, 3.05) is 5.32 Å². The quantitative estimate of drug-likeness (QED) is 0.740. The van der Waals surface area contributed by atoms with Crippen LogP contribution in [0.15, 0.2) is 12.3 Å². The second-order valence-electron chi connectivity index (χ2n) is 6.38. The molecule has 0 bridgehead atoms. The van der Waals surface area contributed by atoms with Crippen LogP contribution in [0.1, 0.15) is 52.0 Å². The van der Waals surface area contributed by atoms with Crippen LogP contribution < -0.4 is 10.6 Å². The van der Waals surface area contributed by atoms with Crippen molar-refractivity contribution in [3.05, 3.63) is 18.0 Å². The van der Waals surface area contributed by atoms with Gasteiger partial charge in [-0.05, 0) is 47.6 Å². The molecule has 0 unspecified atom stereocenters. The number of amides is 1. The lowest BCUT2D eigenvalue weighted by Crippen LogP contribution is -2.40. The Morgan fingerprint density at radius 3 is 2.18 bits per heavy atom. The standard InChI is InChI=1S/C13H23N3O/c1-12(2,3)15-9-7-10(14-8-9)11(17)16-13(4,5)6/h7-8,14-15H,1-6H3,(H,16,17). The highest BCUT2D eigenvalue weighted by molar-refractivity contribution is 5.93. The molecule has 4 heteroatoms. The molecule has 1 amide bonds. The average Bonchev–Trinajstić information content (AvgIpc) is 2.45. The van der Waals surface area contributed by atoms with Crippen molar-refractivity contribution in [1.82, 2.24) is 10.3 Å². The van der Waals surface area contributed by atoms with Crippen molar-refractivity contribution in [3.8, 4) is 0 Å². The van der Waals surface area contributed by atoms with Crippen molar-refractivity contribution < 1.29 is 4.79 Å². The molecule has 96 valence electrons. The molecule has 0 aromatic carbocycles. The first-order chi connectivity index (χ1) is 7.57. The van der Waals surface area contributed by atoms with E-state index in [1.807, 2.05) is 33.0 Å². The minimum Gasteiger partial charge on any atom is -0.379 e. The first-order valence-electron chi connectivity index (χ1n) is 5.86. The Morgan fingerprint density at radius 2 is 1.71 bits per heavy atom. The van der Waals surface area contributed by atoms with Gasteiger partial charge < -0.3 is 15.6 Å². The fourth-order valence-electron chi connectivity index (χ4n) is 1.44. The molecule has 0 aliphatic heterocycles. The number of H-pyrrole nitrogens is 1. The van der Waals surface area contributed by atoms with Gasteiger partial charge in [-0.15, -0.1) is 0 Å². The third-order valence-electron chi connectivity index (χ3n) is 1.94. The topological polar surface area (TPSA) is 56.9 Å². The van der Waals surface area contributed by atoms with E-state index in [0.29, 0.717) is 5.69 Å². The van der Waals surface area contributed by atoms with Gasteiger partial charge in [0.2, 0.25) is 0 Å². The fraction of sp³-hybridized carbons (Fsp3) is 0.615. The summed E-state index contributed by atoms with van der Waals surface area (Å²) in [5.74, 6) is -0.0838. The molecule has 1 heterocycles. The van der Waals surface area contributed by atoms with Crippen molar-refractivity contribution in [2.24, 2.45) is 0 Å². The van der Waals surface area contributed by atoms with E-state index in [9.17, 15) is 4.79 Å². The van der Waals surface area contributed by atoms with Crippen LogP contribution in [0.4, 0.5) is 5.69 Å². The monoisotopic (exact) mass is 237 g/mol. The number of rotatable bonds is 2. The first-order valence-corrected chi connectivity index (χ1v) is 5.86. The second kappa shape index (κ2) is 4.43. The molecule has 0 spiro atoms. The normalized spacial score (nSPS) is 12.4. The molecule has 0 aliphatic carbocycles. The third-order valence-corrected chi connectivity index (χ3v) is 1.94. The maximum Gasteiger partial charge on any atom is 0.268 e. The van der Waals surface area contributed by atoms with Crippen molar-refractivity contribution in [2.45, 2.75) is 52.6 Å². The van der Waals surface area contributed by atoms with Gasteiger partial charge in [0.15, 0.2) is 0 Å². The van der Waals surface area contributed by atoms with Crippen LogP contribution in [0.5, 0.6) is 0 Å². The number of aromatic nitrogens is 1. The van der Waals surface area contributed by atoms with Crippen LogP contribution in [0.25, 0.3) is 0 Å². The lowest BCUT2D eigenvalue weighted by Gasteiger charge is -2.21. The van der Waals surface area contributed by atoms with E-state index in [2.05, 4.69) is 36.4 Å². The van der Waals surface area contributed by atoms with Gasteiger partial charge in [0, 0.05) is 17.3 Å². The predicted octanol–water partition coefficient (Wildman–Crippen LogP) is 2.75. The van der Waals surface area contributed by atoms with Crippen LogP contribution >= 0.6 is 0 Å². The summed E-state index contributed by atoms with van der Waals surface area (Å²) < 4.78 is 0. The van der Waals surface area contributed by atoms with Gasteiger partial charge in [-0.2, -0.15) is 0 Å². The molecule has 1 aromatic heterocycles. The molecule has 3 N–H and O–H groups in total. The lowest BCUT2D eigenvalue weighted by molar-refractivity contribution is 0.0915. The Bertz CT molecular complexity index is 394. The molecule has 0 fully saturated rings. The Hall–Kier alpha value is -1.45. The molecule has 0 atom stereocenters. The molecule has 1 rings (SSSR count). The lowest BCUT2D eigenvalue weighted by atomic mass is 10.1. The first kappa shape index (κ1) is 13.6. The number of carbonyl (C=O) groups is 1. The molecule has 1 aromatic rings. The number of carbonyl (C=O) groups excluding carboxylic acids is 1. The van der Waals surface area contributed by atoms with Gasteiger partial charge in [-0.25, -0.2) is 0 Å². The molecule has 4 nitrogen and oxygen atoms in total. The molecular weight excluding hydrogens is 214 g/mol. The SMILES string of the molecule is CC(C)(C)NC(=O)c1cc(NC(C)(C)C)c[nH]1. The summed E-state index contributed by atoms with van der Waals surface area (Å²) in [5.41, 5.74) is 1.27. The van der Waals surface area contributed by atoms with Crippen molar-refractivity contribution >= 4 is 11.6 Å². The zero-order chi connectivity index (χ0) is 13.3. The third kappa shape index (κ3) is 4.93.